The molecule has 0 fully saturated rings. The summed E-state index contributed by atoms with van der Waals surface area (Å²) >= 11 is 0. The number of hydrogen-bond acceptors (Lipinski definition) is 4. The summed E-state index contributed by atoms with van der Waals surface area (Å²) in [7, 11) is 1.32. The molecule has 0 aliphatic carbocycles. The van der Waals surface area contributed by atoms with Crippen molar-refractivity contribution in [1.29, 1.82) is 0 Å². The van der Waals surface area contributed by atoms with Crippen LogP contribution in [0.15, 0.2) is 42.5 Å². The first kappa shape index (κ1) is 13.5. The van der Waals surface area contributed by atoms with Gasteiger partial charge in [0.05, 0.1) is 7.11 Å². The van der Waals surface area contributed by atoms with Gasteiger partial charge in [-0.3, -0.25) is 0 Å². The monoisotopic (exact) mass is 284 g/mol. The first-order chi connectivity index (χ1) is 10.2. The third kappa shape index (κ3) is 2.57. The van der Waals surface area contributed by atoms with Crippen LogP contribution in [0.1, 0.15) is 16.7 Å². The molecular weight excluding hydrogens is 268 g/mol. The van der Waals surface area contributed by atoms with Gasteiger partial charge in [-0.2, -0.15) is 0 Å². The second-order valence-electron chi connectivity index (χ2n) is 4.94. The number of hydrogen-bond donors (Lipinski definition) is 0. The average molecular weight is 284 g/mol. The van der Waals surface area contributed by atoms with Gasteiger partial charge in [-0.1, -0.05) is 36.4 Å². The summed E-state index contributed by atoms with van der Waals surface area (Å²) in [5, 5.41) is 0. The standard InChI is InChI=1S/C17H16O4/c1-11-6-5-8-13-10-12-7-3-4-9-14(12)20-17(16(18)19-2)21-15(11)13/h3-9,17H,10H2,1-2H3. The minimum absolute atomic E-state index is 0.555. The molecule has 1 atom stereocenters. The van der Waals surface area contributed by atoms with E-state index >= 15 is 0 Å². The zero-order chi connectivity index (χ0) is 14.8. The first-order valence-electron chi connectivity index (χ1n) is 6.76. The van der Waals surface area contributed by atoms with Crippen LogP contribution in [0.3, 0.4) is 0 Å². The van der Waals surface area contributed by atoms with Gasteiger partial charge >= 0.3 is 12.3 Å². The van der Waals surface area contributed by atoms with Crippen LogP contribution in [-0.4, -0.2) is 19.4 Å². The number of rotatable bonds is 1. The number of para-hydroxylation sites is 2. The van der Waals surface area contributed by atoms with Crippen LogP contribution >= 0.6 is 0 Å². The van der Waals surface area contributed by atoms with E-state index in [1.54, 1.807) is 0 Å². The van der Waals surface area contributed by atoms with Gasteiger partial charge in [0.15, 0.2) is 0 Å². The fourth-order valence-corrected chi connectivity index (χ4v) is 2.43. The van der Waals surface area contributed by atoms with Gasteiger partial charge in [-0.05, 0) is 29.7 Å². The number of carbonyl (C=O) groups is 1. The van der Waals surface area contributed by atoms with Crippen molar-refractivity contribution < 1.29 is 19.0 Å². The van der Waals surface area contributed by atoms with E-state index in [2.05, 4.69) is 0 Å². The van der Waals surface area contributed by atoms with Crippen molar-refractivity contribution in [3.63, 3.8) is 0 Å². The van der Waals surface area contributed by atoms with Crippen LogP contribution in [0.4, 0.5) is 0 Å². The maximum atomic E-state index is 11.9. The predicted octanol–water partition coefficient (Wildman–Crippen LogP) is 2.86. The molecule has 4 nitrogen and oxygen atoms in total. The number of ether oxygens (including phenoxy) is 3. The Hall–Kier alpha value is -2.49. The van der Waals surface area contributed by atoms with Crippen LogP contribution in [0.2, 0.25) is 0 Å². The smallest absolute Gasteiger partial charge is 0.389 e. The van der Waals surface area contributed by atoms with Crippen molar-refractivity contribution in [3.05, 3.63) is 59.2 Å². The van der Waals surface area contributed by atoms with E-state index in [0.717, 1.165) is 16.7 Å². The number of benzene rings is 2. The number of methoxy groups -OCH3 is 1. The molecule has 0 aromatic heterocycles. The van der Waals surface area contributed by atoms with E-state index in [9.17, 15) is 4.79 Å². The quantitative estimate of drug-likeness (QED) is 0.755. The van der Waals surface area contributed by atoms with Gasteiger partial charge in [0.1, 0.15) is 11.5 Å². The third-order valence-corrected chi connectivity index (χ3v) is 3.50. The van der Waals surface area contributed by atoms with Crippen LogP contribution < -0.4 is 9.47 Å². The lowest BCUT2D eigenvalue weighted by molar-refractivity contribution is -0.162. The summed E-state index contributed by atoms with van der Waals surface area (Å²) < 4.78 is 16.3. The lowest BCUT2D eigenvalue weighted by Crippen LogP contribution is -2.35. The fraction of sp³-hybridized carbons (Fsp3) is 0.235. The lowest BCUT2D eigenvalue weighted by Gasteiger charge is -2.25. The molecule has 2 aromatic rings. The first-order valence-corrected chi connectivity index (χ1v) is 6.76. The van der Waals surface area contributed by atoms with E-state index in [1.807, 2.05) is 49.4 Å². The highest BCUT2D eigenvalue weighted by Gasteiger charge is 2.28. The summed E-state index contributed by atoms with van der Waals surface area (Å²) in [5.74, 6) is 0.767. The highest BCUT2D eigenvalue weighted by atomic mass is 16.7. The van der Waals surface area contributed by atoms with Crippen LogP contribution in [0.25, 0.3) is 0 Å². The van der Waals surface area contributed by atoms with Crippen LogP contribution in [0, 0.1) is 6.92 Å². The molecule has 1 unspecified atom stereocenters. The molecule has 0 amide bonds. The van der Waals surface area contributed by atoms with E-state index < -0.39 is 12.3 Å². The Balaban J connectivity index is 2.11. The molecular formula is C17H16O4. The summed E-state index contributed by atoms with van der Waals surface area (Å²) in [6, 6.07) is 13.6. The number of esters is 1. The number of fused-ring (bicyclic) bond motifs is 2. The zero-order valence-corrected chi connectivity index (χ0v) is 12.0. The Kier molecular flexibility index (Phi) is 3.52. The minimum Gasteiger partial charge on any atom is -0.463 e. The van der Waals surface area contributed by atoms with Crippen LogP contribution in [-0.2, 0) is 16.0 Å². The Morgan fingerprint density at radius 2 is 1.86 bits per heavy atom. The summed E-state index contributed by atoms with van der Waals surface area (Å²) in [4.78, 5) is 11.9. The maximum absolute atomic E-state index is 11.9. The molecule has 1 heterocycles. The minimum atomic E-state index is -1.10. The van der Waals surface area contributed by atoms with Crippen LogP contribution in [0.5, 0.6) is 11.5 Å². The topological polar surface area (TPSA) is 44.8 Å². The van der Waals surface area contributed by atoms with Gasteiger partial charge in [-0.25, -0.2) is 4.79 Å². The van der Waals surface area contributed by atoms with Gasteiger partial charge in [0, 0.05) is 6.42 Å². The summed E-state index contributed by atoms with van der Waals surface area (Å²) in [6.45, 7) is 1.95. The Bertz CT molecular complexity index is 678. The summed E-state index contributed by atoms with van der Waals surface area (Å²) in [6.07, 6.45) is -0.405. The maximum Gasteiger partial charge on any atom is 0.389 e. The van der Waals surface area contributed by atoms with Gasteiger partial charge in [-0.15, -0.1) is 0 Å². The molecule has 3 rings (SSSR count). The molecule has 0 spiro atoms. The molecule has 21 heavy (non-hydrogen) atoms. The fourth-order valence-electron chi connectivity index (χ4n) is 2.43. The highest BCUT2D eigenvalue weighted by molar-refractivity contribution is 5.74. The molecule has 0 saturated carbocycles. The second-order valence-corrected chi connectivity index (χ2v) is 4.94. The molecule has 0 N–H and O–H groups in total. The zero-order valence-electron chi connectivity index (χ0n) is 12.0. The molecule has 4 heteroatoms. The Labute approximate surface area is 123 Å². The van der Waals surface area contributed by atoms with Crippen molar-refractivity contribution in [2.75, 3.05) is 7.11 Å². The van der Waals surface area contributed by atoms with Gasteiger partial charge < -0.3 is 14.2 Å². The highest BCUT2D eigenvalue weighted by Crippen LogP contribution is 2.33. The van der Waals surface area contributed by atoms with Gasteiger partial charge in [0.25, 0.3) is 0 Å². The largest absolute Gasteiger partial charge is 0.463 e. The number of carbonyl (C=O) groups excluding carboxylic acids is 1. The molecule has 1 aliphatic rings. The molecule has 0 saturated heterocycles. The molecule has 0 radical (unpaired) electrons. The number of aryl methyl sites for hydroxylation is 1. The molecule has 108 valence electrons. The lowest BCUT2D eigenvalue weighted by atomic mass is 10.0. The molecule has 0 bridgehead atoms. The third-order valence-electron chi connectivity index (χ3n) is 3.50. The SMILES string of the molecule is COC(=O)C1Oc2ccccc2Cc2cccc(C)c2O1. The molecule has 2 aromatic carbocycles. The van der Waals surface area contributed by atoms with Crippen molar-refractivity contribution in [1.82, 2.24) is 0 Å². The van der Waals surface area contributed by atoms with Crippen molar-refractivity contribution >= 4 is 5.97 Å². The van der Waals surface area contributed by atoms with E-state index in [-0.39, 0.29) is 0 Å². The van der Waals surface area contributed by atoms with E-state index in [4.69, 9.17) is 14.2 Å². The summed E-state index contributed by atoms with van der Waals surface area (Å²) in [5.41, 5.74) is 3.01. The Morgan fingerprint density at radius 1 is 1.10 bits per heavy atom. The van der Waals surface area contributed by atoms with Gasteiger partial charge in [0.2, 0.25) is 0 Å². The normalized spacial score (nSPS) is 16.4. The van der Waals surface area contributed by atoms with Crippen molar-refractivity contribution in [2.45, 2.75) is 19.6 Å². The second kappa shape index (κ2) is 5.48. The molecule has 1 aliphatic heterocycles. The predicted molar refractivity (Wildman–Crippen MR) is 77.5 cm³/mol. The van der Waals surface area contributed by atoms with Crippen molar-refractivity contribution in [2.24, 2.45) is 0 Å². The average Bonchev–Trinajstić information content (AvgIpc) is 2.48. The van der Waals surface area contributed by atoms with Crippen molar-refractivity contribution in [3.8, 4) is 11.5 Å². The van der Waals surface area contributed by atoms with E-state index in [1.165, 1.54) is 7.11 Å². The Morgan fingerprint density at radius 3 is 2.67 bits per heavy atom. The van der Waals surface area contributed by atoms with E-state index in [0.29, 0.717) is 17.9 Å².